The van der Waals surface area contributed by atoms with Crippen LogP contribution in [0.2, 0.25) is 0 Å². The molecule has 1 unspecified atom stereocenters. The number of rotatable bonds is 4. The van der Waals surface area contributed by atoms with E-state index in [0.717, 1.165) is 19.3 Å². The molecule has 1 aliphatic heterocycles. The highest BCUT2D eigenvalue weighted by atomic mass is 15.1. The Labute approximate surface area is 168 Å². The lowest BCUT2D eigenvalue weighted by Gasteiger charge is -2.35. The van der Waals surface area contributed by atoms with Crippen LogP contribution in [0.3, 0.4) is 0 Å². The normalized spacial score (nSPS) is 23.2. The molecule has 0 amide bonds. The lowest BCUT2D eigenvalue weighted by atomic mass is 9.90. The second kappa shape index (κ2) is 7.87. The number of nitrogens with zero attached hydrogens (tertiary/aromatic N) is 3. The summed E-state index contributed by atoms with van der Waals surface area (Å²) in [5.74, 6) is 1.33. The van der Waals surface area contributed by atoms with Crippen LogP contribution in [0.4, 0.5) is 0 Å². The summed E-state index contributed by atoms with van der Waals surface area (Å²) in [4.78, 5) is 7.87. The number of hydrogen-bond acceptors (Lipinski definition) is 2. The summed E-state index contributed by atoms with van der Waals surface area (Å²) >= 11 is 0. The number of aryl methyl sites for hydroxylation is 2. The van der Waals surface area contributed by atoms with Gasteiger partial charge in [-0.3, -0.25) is 4.90 Å². The molecule has 1 atom stereocenters. The highest BCUT2D eigenvalue weighted by molar-refractivity contribution is 5.56. The number of hydrogen-bond donors (Lipinski definition) is 0. The first-order valence-electron chi connectivity index (χ1n) is 11.4. The fourth-order valence-corrected chi connectivity index (χ4v) is 5.68. The van der Waals surface area contributed by atoms with E-state index in [-0.39, 0.29) is 0 Å². The molecule has 2 heterocycles. The summed E-state index contributed by atoms with van der Waals surface area (Å²) in [5, 5.41) is 2.80. The van der Waals surface area contributed by atoms with E-state index in [0.29, 0.717) is 12.1 Å². The topological polar surface area (TPSA) is 21.1 Å². The Morgan fingerprint density at radius 3 is 2.64 bits per heavy atom. The van der Waals surface area contributed by atoms with Gasteiger partial charge in [-0.05, 0) is 63.3 Å². The number of imidazole rings is 1. The van der Waals surface area contributed by atoms with Gasteiger partial charge in [0.1, 0.15) is 5.82 Å². The highest BCUT2D eigenvalue weighted by Crippen LogP contribution is 2.30. The fourth-order valence-electron chi connectivity index (χ4n) is 5.68. The van der Waals surface area contributed by atoms with E-state index in [2.05, 4.69) is 52.9 Å². The van der Waals surface area contributed by atoms with Crippen molar-refractivity contribution in [1.29, 1.82) is 0 Å². The summed E-state index contributed by atoms with van der Waals surface area (Å²) < 4.78 is 2.68. The molecular formula is C25H33N3. The van der Waals surface area contributed by atoms with Gasteiger partial charge in [-0.1, -0.05) is 55.7 Å². The first kappa shape index (κ1) is 18.2. The third-order valence-electron chi connectivity index (χ3n) is 7.17. The lowest BCUT2D eigenvalue weighted by molar-refractivity contribution is 0.261. The zero-order chi connectivity index (χ0) is 18.9. The van der Waals surface area contributed by atoms with E-state index < -0.39 is 0 Å². The molecule has 0 spiro atoms. The maximum atomic E-state index is 5.33. The molecule has 1 aromatic carbocycles. The van der Waals surface area contributed by atoms with Crippen LogP contribution >= 0.6 is 0 Å². The molecule has 3 aliphatic rings. The van der Waals surface area contributed by atoms with Crippen molar-refractivity contribution in [1.82, 2.24) is 14.5 Å². The molecule has 3 heteroatoms. The van der Waals surface area contributed by atoms with Crippen LogP contribution in [0.5, 0.6) is 0 Å². The van der Waals surface area contributed by atoms with Crippen molar-refractivity contribution < 1.29 is 0 Å². The van der Waals surface area contributed by atoms with Gasteiger partial charge >= 0.3 is 0 Å². The molecule has 5 rings (SSSR count). The average Bonchev–Trinajstić information content (AvgIpc) is 3.13. The quantitative estimate of drug-likeness (QED) is 0.814. The number of likely N-dealkylation sites (tertiary alicyclic amines) is 1. The molecule has 0 N–H and O–H groups in total. The predicted molar refractivity (Wildman–Crippen MR) is 116 cm³/mol. The smallest absolute Gasteiger partial charge is 0.110 e. The van der Waals surface area contributed by atoms with E-state index in [1.807, 2.05) is 0 Å². The average molecular weight is 376 g/mol. The van der Waals surface area contributed by atoms with Crippen molar-refractivity contribution in [2.75, 3.05) is 13.6 Å². The van der Waals surface area contributed by atoms with Gasteiger partial charge in [0, 0.05) is 18.5 Å². The van der Waals surface area contributed by atoms with Gasteiger partial charge in [-0.15, -0.1) is 0 Å². The van der Waals surface area contributed by atoms with Crippen LogP contribution in [0.15, 0.2) is 30.3 Å². The summed E-state index contributed by atoms with van der Waals surface area (Å²) in [5.41, 5.74) is 3.03. The fraction of sp³-hybridized carbons (Fsp3) is 0.560. The number of fused-ring (bicyclic) bond motifs is 2. The van der Waals surface area contributed by atoms with Crippen LogP contribution in [-0.4, -0.2) is 34.1 Å². The van der Waals surface area contributed by atoms with Crippen LogP contribution < -0.4 is 10.7 Å². The molecule has 1 saturated carbocycles. The zero-order valence-electron chi connectivity index (χ0n) is 17.2. The third-order valence-corrected chi connectivity index (χ3v) is 7.17. The minimum atomic E-state index is 0.581. The van der Waals surface area contributed by atoms with Crippen LogP contribution in [-0.2, 0) is 12.8 Å². The van der Waals surface area contributed by atoms with E-state index in [1.54, 1.807) is 5.57 Å². The van der Waals surface area contributed by atoms with Crippen LogP contribution in [0.25, 0.3) is 11.6 Å². The van der Waals surface area contributed by atoms with Gasteiger partial charge in [-0.25, -0.2) is 4.98 Å². The Balaban J connectivity index is 1.57. The second-order valence-electron chi connectivity index (χ2n) is 8.97. The molecule has 2 fully saturated rings. The second-order valence-corrected chi connectivity index (χ2v) is 8.97. The minimum Gasteiger partial charge on any atom is -0.325 e. The Kier molecular flexibility index (Phi) is 5.11. The van der Waals surface area contributed by atoms with Crippen molar-refractivity contribution in [3.8, 4) is 0 Å². The largest absolute Gasteiger partial charge is 0.325 e. The van der Waals surface area contributed by atoms with Gasteiger partial charge in [0.2, 0.25) is 0 Å². The first-order valence-corrected chi connectivity index (χ1v) is 11.4. The third kappa shape index (κ3) is 3.34. The molecular weight excluding hydrogens is 342 g/mol. The van der Waals surface area contributed by atoms with Crippen molar-refractivity contribution in [2.24, 2.45) is 0 Å². The Morgan fingerprint density at radius 1 is 1.00 bits per heavy atom. The van der Waals surface area contributed by atoms with Gasteiger partial charge in [0.25, 0.3) is 0 Å². The number of aromatic nitrogens is 2. The van der Waals surface area contributed by atoms with E-state index in [1.165, 1.54) is 73.6 Å². The maximum absolute atomic E-state index is 5.33. The summed E-state index contributed by atoms with van der Waals surface area (Å²) in [7, 11) is 2.29. The predicted octanol–water partition coefficient (Wildman–Crippen LogP) is 3.60. The molecule has 1 saturated heterocycles. The van der Waals surface area contributed by atoms with E-state index >= 15 is 0 Å². The summed E-state index contributed by atoms with van der Waals surface area (Å²) in [6, 6.07) is 12.2. The summed E-state index contributed by atoms with van der Waals surface area (Å²) in [6.45, 7) is 1.22. The molecule has 2 aromatic rings. The Morgan fingerprint density at radius 2 is 1.82 bits per heavy atom. The molecule has 0 radical (unpaired) electrons. The van der Waals surface area contributed by atoms with E-state index in [4.69, 9.17) is 4.98 Å². The lowest BCUT2D eigenvalue weighted by Crippen LogP contribution is -2.47. The summed E-state index contributed by atoms with van der Waals surface area (Å²) in [6.07, 6.45) is 15.1. The minimum absolute atomic E-state index is 0.581. The Bertz CT molecular complexity index is 934. The molecule has 28 heavy (non-hydrogen) atoms. The molecule has 3 nitrogen and oxygen atoms in total. The van der Waals surface area contributed by atoms with Crippen molar-refractivity contribution in [3.63, 3.8) is 0 Å². The van der Waals surface area contributed by atoms with Crippen molar-refractivity contribution >= 4 is 11.6 Å². The van der Waals surface area contributed by atoms with Gasteiger partial charge in [-0.2, -0.15) is 0 Å². The van der Waals surface area contributed by atoms with Gasteiger partial charge in [0.05, 0.1) is 10.7 Å². The molecule has 1 aromatic heterocycles. The first-order chi connectivity index (χ1) is 13.8. The van der Waals surface area contributed by atoms with E-state index in [9.17, 15) is 0 Å². The van der Waals surface area contributed by atoms with Crippen LogP contribution in [0, 0.1) is 0 Å². The number of piperidine rings is 1. The van der Waals surface area contributed by atoms with Crippen LogP contribution in [0.1, 0.15) is 68.8 Å². The molecule has 2 aliphatic carbocycles. The van der Waals surface area contributed by atoms with Gasteiger partial charge in [0.15, 0.2) is 0 Å². The highest BCUT2D eigenvalue weighted by Gasteiger charge is 2.29. The molecule has 148 valence electrons. The number of benzene rings is 1. The van der Waals surface area contributed by atoms with Crippen molar-refractivity contribution in [3.05, 3.63) is 52.4 Å². The molecule has 0 bridgehead atoms. The monoisotopic (exact) mass is 375 g/mol. The maximum Gasteiger partial charge on any atom is 0.110 e. The standard InChI is InChI=1S/C25H33N3/c1-27-18-8-13-21-22(27)15-16-23-25(21)26-24(17-14-19-9-4-2-5-10-19)28(23)20-11-6-3-7-12-20/h2,4-5,9-10,16,20,22H,3,6-8,11-15,17-18H2,1H3. The van der Waals surface area contributed by atoms with Gasteiger partial charge < -0.3 is 4.57 Å². The SMILES string of the molecule is CN1CCCC2=c3nc(CCc4ccccc4)n(C4CCCCC4)c3=CCC21. The zero-order valence-corrected chi connectivity index (χ0v) is 17.2. The van der Waals surface area contributed by atoms with Crippen molar-refractivity contribution in [2.45, 2.75) is 76.3 Å². The Hall–Kier alpha value is -1.87.